The van der Waals surface area contributed by atoms with Crippen LogP contribution in [0.25, 0.3) is 0 Å². The second-order valence-electron chi connectivity index (χ2n) is 3.04. The third-order valence-corrected chi connectivity index (χ3v) is 2.15. The van der Waals surface area contributed by atoms with Crippen molar-refractivity contribution in [1.82, 2.24) is 0 Å². The van der Waals surface area contributed by atoms with Gasteiger partial charge in [-0.1, -0.05) is 24.3 Å². The first-order chi connectivity index (χ1) is 6.31. The van der Waals surface area contributed by atoms with E-state index in [0.717, 1.165) is 11.8 Å². The van der Waals surface area contributed by atoms with E-state index in [1.807, 2.05) is 18.2 Å². The van der Waals surface area contributed by atoms with Crippen LogP contribution in [0.3, 0.4) is 0 Å². The largest absolute Gasteiger partial charge is 0.298 e. The number of ketones is 1. The molecular formula is C11H8O2. The van der Waals surface area contributed by atoms with Crippen molar-refractivity contribution < 1.29 is 9.59 Å². The first-order valence-corrected chi connectivity index (χ1v) is 4.09. The maximum atomic E-state index is 11.4. The Morgan fingerprint density at radius 2 is 2.00 bits per heavy atom. The zero-order chi connectivity index (χ0) is 9.26. The van der Waals surface area contributed by atoms with Gasteiger partial charge in [0.25, 0.3) is 0 Å². The quantitative estimate of drug-likeness (QED) is 0.602. The molecule has 2 nitrogen and oxygen atoms in total. The number of allylic oxidation sites excluding steroid dienone is 2. The van der Waals surface area contributed by atoms with Crippen molar-refractivity contribution in [1.29, 1.82) is 0 Å². The molecule has 0 bridgehead atoms. The van der Waals surface area contributed by atoms with Crippen molar-refractivity contribution in [3.8, 4) is 0 Å². The maximum absolute atomic E-state index is 11.4. The number of fused-ring (bicyclic) bond motifs is 1. The van der Waals surface area contributed by atoms with Gasteiger partial charge >= 0.3 is 0 Å². The van der Waals surface area contributed by atoms with Gasteiger partial charge in [0.05, 0.1) is 0 Å². The van der Waals surface area contributed by atoms with E-state index < -0.39 is 0 Å². The van der Waals surface area contributed by atoms with Gasteiger partial charge in [0, 0.05) is 17.6 Å². The van der Waals surface area contributed by atoms with Crippen LogP contribution in [0.2, 0.25) is 0 Å². The molecule has 1 aromatic rings. The van der Waals surface area contributed by atoms with Gasteiger partial charge in [-0.3, -0.25) is 9.59 Å². The van der Waals surface area contributed by atoms with E-state index in [9.17, 15) is 9.59 Å². The number of rotatable bonds is 1. The highest BCUT2D eigenvalue weighted by Gasteiger charge is 2.15. The van der Waals surface area contributed by atoms with Crippen LogP contribution in [0.15, 0.2) is 35.9 Å². The van der Waals surface area contributed by atoms with E-state index in [2.05, 4.69) is 0 Å². The molecule has 0 N–H and O–H groups in total. The van der Waals surface area contributed by atoms with Gasteiger partial charge < -0.3 is 0 Å². The van der Waals surface area contributed by atoms with Crippen molar-refractivity contribution in [2.45, 2.75) is 6.42 Å². The van der Waals surface area contributed by atoms with Crippen LogP contribution in [0.4, 0.5) is 0 Å². The SMILES string of the molecule is O=CC1=CC(=O)c2ccccc2C1. The number of hydrogen-bond donors (Lipinski definition) is 0. The molecule has 0 saturated heterocycles. The molecule has 0 radical (unpaired) electrons. The van der Waals surface area contributed by atoms with Gasteiger partial charge in [-0.2, -0.15) is 0 Å². The topological polar surface area (TPSA) is 34.1 Å². The number of benzene rings is 1. The van der Waals surface area contributed by atoms with E-state index in [4.69, 9.17) is 0 Å². The van der Waals surface area contributed by atoms with Gasteiger partial charge in [0.15, 0.2) is 5.78 Å². The molecule has 0 fully saturated rings. The van der Waals surface area contributed by atoms with Crippen molar-refractivity contribution in [3.05, 3.63) is 47.0 Å². The average molecular weight is 172 g/mol. The molecule has 0 atom stereocenters. The van der Waals surface area contributed by atoms with E-state index in [1.165, 1.54) is 6.08 Å². The maximum Gasteiger partial charge on any atom is 0.186 e. The molecule has 13 heavy (non-hydrogen) atoms. The van der Waals surface area contributed by atoms with Crippen molar-refractivity contribution in [2.75, 3.05) is 0 Å². The predicted octanol–water partition coefficient (Wildman–Crippen LogP) is 1.55. The minimum atomic E-state index is -0.0658. The van der Waals surface area contributed by atoms with Crippen LogP contribution in [0.1, 0.15) is 15.9 Å². The molecule has 0 saturated carbocycles. The molecular weight excluding hydrogens is 164 g/mol. The summed E-state index contributed by atoms with van der Waals surface area (Å²) in [6.07, 6.45) is 2.73. The Bertz CT molecular complexity index is 402. The van der Waals surface area contributed by atoms with Gasteiger partial charge in [0.1, 0.15) is 6.29 Å². The molecule has 1 aliphatic rings. The highest BCUT2D eigenvalue weighted by molar-refractivity contribution is 6.09. The van der Waals surface area contributed by atoms with E-state index in [1.54, 1.807) is 6.07 Å². The Kier molecular flexibility index (Phi) is 1.81. The van der Waals surface area contributed by atoms with Crippen molar-refractivity contribution in [3.63, 3.8) is 0 Å². The summed E-state index contributed by atoms with van der Waals surface area (Å²) in [4.78, 5) is 21.9. The summed E-state index contributed by atoms with van der Waals surface area (Å²) in [5.41, 5.74) is 2.22. The van der Waals surface area contributed by atoms with E-state index in [0.29, 0.717) is 17.6 Å². The van der Waals surface area contributed by atoms with Crippen LogP contribution < -0.4 is 0 Å². The molecule has 0 aliphatic heterocycles. The number of carbonyl (C=O) groups is 2. The molecule has 0 heterocycles. The molecule has 1 aromatic carbocycles. The molecule has 0 amide bonds. The summed E-state index contributed by atoms with van der Waals surface area (Å²) < 4.78 is 0. The van der Waals surface area contributed by atoms with Crippen LogP contribution in [-0.2, 0) is 11.2 Å². The monoisotopic (exact) mass is 172 g/mol. The Hall–Kier alpha value is -1.70. The van der Waals surface area contributed by atoms with Crippen LogP contribution in [0, 0.1) is 0 Å². The van der Waals surface area contributed by atoms with Crippen LogP contribution >= 0.6 is 0 Å². The lowest BCUT2D eigenvalue weighted by Crippen LogP contribution is -2.09. The summed E-state index contributed by atoms with van der Waals surface area (Å²) in [5.74, 6) is -0.0658. The summed E-state index contributed by atoms with van der Waals surface area (Å²) in [6, 6.07) is 7.37. The minimum absolute atomic E-state index is 0.0658. The molecule has 0 aromatic heterocycles. The Morgan fingerprint density at radius 3 is 2.77 bits per heavy atom. The molecule has 0 spiro atoms. The zero-order valence-electron chi connectivity index (χ0n) is 6.99. The second kappa shape index (κ2) is 2.98. The van der Waals surface area contributed by atoms with E-state index >= 15 is 0 Å². The smallest absolute Gasteiger partial charge is 0.186 e. The summed E-state index contributed by atoms with van der Waals surface area (Å²) in [5, 5.41) is 0. The van der Waals surface area contributed by atoms with Crippen LogP contribution in [0.5, 0.6) is 0 Å². The third-order valence-electron chi connectivity index (χ3n) is 2.15. The molecule has 2 heteroatoms. The second-order valence-corrected chi connectivity index (χ2v) is 3.04. The lowest BCUT2D eigenvalue weighted by atomic mass is 9.91. The first-order valence-electron chi connectivity index (χ1n) is 4.09. The fraction of sp³-hybridized carbons (Fsp3) is 0.0909. The standard InChI is InChI=1S/C11H8O2/c12-7-8-5-9-3-1-2-4-10(9)11(13)6-8/h1-4,6-7H,5H2. The third kappa shape index (κ3) is 1.31. The summed E-state index contributed by atoms with van der Waals surface area (Å²) in [7, 11) is 0. The van der Waals surface area contributed by atoms with Gasteiger partial charge in [-0.25, -0.2) is 0 Å². The molecule has 0 unspecified atom stereocenters. The minimum Gasteiger partial charge on any atom is -0.298 e. The van der Waals surface area contributed by atoms with Gasteiger partial charge in [-0.05, 0) is 11.6 Å². The first kappa shape index (κ1) is 7.92. The lowest BCUT2D eigenvalue weighted by Gasteiger charge is -2.11. The molecule has 2 rings (SSSR count). The fourth-order valence-corrected chi connectivity index (χ4v) is 1.51. The highest BCUT2D eigenvalue weighted by Crippen LogP contribution is 2.19. The van der Waals surface area contributed by atoms with Crippen molar-refractivity contribution >= 4 is 12.1 Å². The number of aldehydes is 1. The van der Waals surface area contributed by atoms with Gasteiger partial charge in [-0.15, -0.1) is 0 Å². The number of hydrogen-bond acceptors (Lipinski definition) is 2. The summed E-state index contributed by atoms with van der Waals surface area (Å²) >= 11 is 0. The fourth-order valence-electron chi connectivity index (χ4n) is 1.51. The Labute approximate surface area is 75.9 Å². The highest BCUT2D eigenvalue weighted by atomic mass is 16.1. The van der Waals surface area contributed by atoms with Crippen LogP contribution in [-0.4, -0.2) is 12.1 Å². The predicted molar refractivity (Wildman–Crippen MR) is 48.6 cm³/mol. The van der Waals surface area contributed by atoms with E-state index in [-0.39, 0.29) is 5.78 Å². The van der Waals surface area contributed by atoms with Crippen molar-refractivity contribution in [2.24, 2.45) is 0 Å². The molecule has 64 valence electrons. The lowest BCUT2D eigenvalue weighted by molar-refractivity contribution is -0.105. The Balaban J connectivity index is 2.51. The summed E-state index contributed by atoms with van der Waals surface area (Å²) in [6.45, 7) is 0. The normalized spacial score (nSPS) is 14.8. The zero-order valence-corrected chi connectivity index (χ0v) is 6.99. The molecule has 1 aliphatic carbocycles. The number of carbonyl (C=O) groups excluding carboxylic acids is 2. The Morgan fingerprint density at radius 1 is 1.23 bits per heavy atom. The van der Waals surface area contributed by atoms with Gasteiger partial charge in [0.2, 0.25) is 0 Å². The average Bonchev–Trinajstić information content (AvgIpc) is 2.18.